The summed E-state index contributed by atoms with van der Waals surface area (Å²) < 4.78 is 0. The van der Waals surface area contributed by atoms with Crippen LogP contribution in [0.1, 0.15) is 202 Å². The van der Waals surface area contributed by atoms with Gasteiger partial charge in [0.1, 0.15) is 0 Å². The van der Waals surface area contributed by atoms with Crippen molar-refractivity contribution < 1.29 is 17.1 Å². The summed E-state index contributed by atoms with van der Waals surface area (Å²) in [6.07, 6.45) is 26.3. The van der Waals surface area contributed by atoms with E-state index in [1.165, 1.54) is 119 Å². The summed E-state index contributed by atoms with van der Waals surface area (Å²) in [5.74, 6) is 5.84. The molecule has 4 aromatic rings. The first-order valence-electron chi connectivity index (χ1n) is 32.0. The Bertz CT molecular complexity index is 2020. The van der Waals surface area contributed by atoms with E-state index in [0.29, 0.717) is 61.2 Å². The van der Waals surface area contributed by atoms with Crippen LogP contribution < -0.4 is 42.5 Å². The maximum absolute atomic E-state index is 4.26. The van der Waals surface area contributed by atoms with Crippen molar-refractivity contribution in [3.05, 3.63) is 150 Å². The molecule has 4 saturated carbocycles. The molecule has 16 atom stereocenters. The maximum Gasteiger partial charge on any atom is 0.0628 e. The van der Waals surface area contributed by atoms with E-state index < -0.39 is 0 Å². The van der Waals surface area contributed by atoms with E-state index in [4.69, 9.17) is 0 Å². The second kappa shape index (κ2) is 28.5. The molecule has 0 amide bonds. The minimum Gasteiger partial charge on any atom is -0.328 e. The van der Waals surface area contributed by atoms with Crippen molar-refractivity contribution >= 4 is 0 Å². The molecule has 9 fully saturated rings. The van der Waals surface area contributed by atoms with Gasteiger partial charge in [0, 0.05) is 17.1 Å². The van der Waals surface area contributed by atoms with Crippen LogP contribution in [0.3, 0.4) is 0 Å². The Labute approximate surface area is 504 Å². The summed E-state index contributed by atoms with van der Waals surface area (Å²) in [6.45, 7) is 26.5. The normalized spacial score (nSPS) is 34.1. The monoisotopic (exact) mass is 1150 g/mol. The van der Waals surface area contributed by atoms with Crippen LogP contribution in [0.15, 0.2) is 97.1 Å². The van der Waals surface area contributed by atoms with Crippen LogP contribution in [0.2, 0.25) is 0 Å². The van der Waals surface area contributed by atoms with Crippen molar-refractivity contribution in [2.24, 2.45) is 47.3 Å². The van der Waals surface area contributed by atoms with E-state index in [9.17, 15) is 0 Å². The third-order valence-electron chi connectivity index (χ3n) is 20.0. The third kappa shape index (κ3) is 16.7. The van der Waals surface area contributed by atoms with E-state index in [1.54, 1.807) is 0 Å². The van der Waals surface area contributed by atoms with Crippen molar-refractivity contribution in [3.63, 3.8) is 0 Å². The molecule has 4 aliphatic carbocycles. The quantitative estimate of drug-likeness (QED) is 0.0652. The minimum atomic E-state index is 0. The fraction of sp³-hybridized carbons (Fsp3) is 0.653. The number of fused-ring (bicyclic) bond motifs is 20. The number of benzene rings is 4. The van der Waals surface area contributed by atoms with Gasteiger partial charge in [0.15, 0.2) is 0 Å². The van der Waals surface area contributed by atoms with Crippen LogP contribution in [0, 0.1) is 78.0 Å². The van der Waals surface area contributed by atoms with E-state index in [2.05, 4.69) is 205 Å². The summed E-state index contributed by atoms with van der Waals surface area (Å²) in [6, 6.07) is 44.6. The largest absolute Gasteiger partial charge is 0.328 e. The van der Waals surface area contributed by atoms with Gasteiger partial charge in [-0.1, -0.05) is 128 Å². The van der Waals surface area contributed by atoms with Crippen molar-refractivity contribution in [2.75, 3.05) is 0 Å². The molecule has 0 aromatic heterocycles. The van der Waals surface area contributed by atoms with Crippen molar-refractivity contribution in [1.29, 1.82) is 0 Å². The summed E-state index contributed by atoms with van der Waals surface area (Å²) in [5.41, 5.74) is 6.56. The Morgan fingerprint density at radius 2 is 0.481 bits per heavy atom. The molecule has 5 heterocycles. The van der Waals surface area contributed by atoms with E-state index in [0.717, 1.165) is 35.5 Å². The summed E-state index contributed by atoms with van der Waals surface area (Å²) >= 11 is 0. The zero-order valence-electron chi connectivity index (χ0n) is 52.0. The molecule has 8 bridgehead atoms. The average molecular weight is 1150 g/mol. The predicted octanol–water partition coefficient (Wildman–Crippen LogP) is 13.6. The van der Waals surface area contributed by atoms with Crippen molar-refractivity contribution in [1.82, 2.24) is 42.5 Å². The van der Waals surface area contributed by atoms with Gasteiger partial charge in [-0.2, -0.15) is 156 Å². The number of nitrogens with one attached hydrogen (secondary N) is 8. The molecular weight excluding hydrogens is 1040 g/mol. The molecule has 16 unspecified atom stereocenters. The molecule has 1 radical (unpaired) electrons. The molecule has 9 heteroatoms. The first-order chi connectivity index (χ1) is 38.2. The van der Waals surface area contributed by atoms with Crippen LogP contribution in [0.4, 0.5) is 0 Å². The van der Waals surface area contributed by atoms with Crippen LogP contribution in [-0.2, 0) is 38.7 Å². The van der Waals surface area contributed by atoms with Gasteiger partial charge in [-0.15, -0.1) is 0 Å². The van der Waals surface area contributed by atoms with E-state index in [1.807, 2.05) is 48.5 Å². The molecule has 13 rings (SSSR count). The Morgan fingerprint density at radius 1 is 0.296 bits per heavy atom. The number of hydrogen-bond donors (Lipinski definition) is 8. The molecular formula is C72H107CuN8-5. The molecule has 5 saturated heterocycles. The zero-order chi connectivity index (χ0) is 56.7. The molecule has 81 heavy (non-hydrogen) atoms. The van der Waals surface area contributed by atoms with Gasteiger partial charge in [0.05, 0.1) is 49.3 Å². The molecule has 4 aromatic carbocycles. The SMILES string of the molecule is CC(C)(C)c1cc[c-]cc1.CC(C)(C)c1cc[c-]cc1.CC(C)(C)c1cc[c-]cc1.CC(C)(C)c1cc[c-]cc1.[CH-]1CCC2C3NC(NC4NC(NC5NC(NC6NC(N3)C3CCCCC63)C3CCCCC53)C3CCCCC43)C2C1.[Cu]. The van der Waals surface area contributed by atoms with Crippen LogP contribution in [-0.4, -0.2) is 49.3 Å². The second-order valence-corrected chi connectivity index (χ2v) is 29.6. The Kier molecular flexibility index (Phi) is 22.6. The topological polar surface area (TPSA) is 96.2 Å². The van der Waals surface area contributed by atoms with Crippen LogP contribution in [0.25, 0.3) is 0 Å². The summed E-state index contributed by atoms with van der Waals surface area (Å²) in [7, 11) is 0. The minimum absolute atomic E-state index is 0. The number of hydrogen-bond acceptors (Lipinski definition) is 8. The summed E-state index contributed by atoms with van der Waals surface area (Å²) in [4.78, 5) is 0. The standard InChI is InChI=1S/C32H55N8.4C10H13.Cu/c1-2-10-18-17(9-1)25-33-26(18)38-28-21-13-5-6-14-22(21)30(35-28)40-32-24-16-8-7-15-23(24)31(36-32)39-29-20-12-4-3-11-19(20)27(34-29)37-25;4*1-10(2,3)9-7-5-4-6-8-9;/h1,17-40H,2-16H2;4*5-8H,1-3H3;/q5*-1;. The van der Waals surface area contributed by atoms with Gasteiger partial charge in [-0.05, 0) is 108 Å². The Morgan fingerprint density at radius 3 is 0.667 bits per heavy atom. The number of rotatable bonds is 0. The van der Waals surface area contributed by atoms with Gasteiger partial charge in [0.25, 0.3) is 0 Å². The van der Waals surface area contributed by atoms with Crippen LogP contribution in [0.5, 0.6) is 0 Å². The third-order valence-corrected chi connectivity index (χ3v) is 20.0. The van der Waals surface area contributed by atoms with E-state index >= 15 is 0 Å². The van der Waals surface area contributed by atoms with Crippen molar-refractivity contribution in [3.8, 4) is 0 Å². The van der Waals surface area contributed by atoms with Gasteiger partial charge in [0.2, 0.25) is 0 Å². The first-order valence-corrected chi connectivity index (χ1v) is 32.0. The molecule has 8 N–H and O–H groups in total. The van der Waals surface area contributed by atoms with E-state index in [-0.39, 0.29) is 38.7 Å². The summed E-state index contributed by atoms with van der Waals surface area (Å²) in [5, 5.41) is 33.7. The van der Waals surface area contributed by atoms with Crippen LogP contribution >= 0.6 is 0 Å². The molecule has 8 nitrogen and oxygen atoms in total. The first kappa shape index (κ1) is 64.1. The predicted molar refractivity (Wildman–Crippen MR) is 333 cm³/mol. The fourth-order valence-corrected chi connectivity index (χ4v) is 15.3. The Hall–Kier alpha value is -2.92. The molecule has 5 aliphatic heterocycles. The Balaban J connectivity index is 0.000000170. The van der Waals surface area contributed by atoms with Gasteiger partial charge in [-0.25, -0.2) is 0 Å². The fourth-order valence-electron chi connectivity index (χ4n) is 15.3. The average Bonchev–Trinajstić information content (AvgIpc) is 4.25. The zero-order valence-corrected chi connectivity index (χ0v) is 52.9. The molecule has 0 spiro atoms. The molecule has 9 aliphatic rings. The smallest absolute Gasteiger partial charge is 0.0628 e. The second-order valence-electron chi connectivity index (χ2n) is 29.6. The molecule has 451 valence electrons. The van der Waals surface area contributed by atoms with Gasteiger partial charge < -0.3 is 6.42 Å². The van der Waals surface area contributed by atoms with Gasteiger partial charge in [-0.3, -0.25) is 42.5 Å². The maximum atomic E-state index is 4.26. The van der Waals surface area contributed by atoms with Crippen molar-refractivity contribution in [2.45, 2.75) is 250 Å². The van der Waals surface area contributed by atoms with Gasteiger partial charge >= 0.3 is 0 Å².